The van der Waals surface area contributed by atoms with Gasteiger partial charge in [-0.05, 0) is 25.5 Å². The molecule has 0 saturated heterocycles. The lowest BCUT2D eigenvalue weighted by atomic mass is 10.3. The standard InChI is InChI=1S/C12H16N4OS/c1-4-10-14-11(16-15-10)12(17)13-6-9-5-7(2)8(3)18-9/h5H,4,6H2,1-3H3,(H,13,17)(H,14,15,16). The van der Waals surface area contributed by atoms with Gasteiger partial charge in [0.2, 0.25) is 5.82 Å². The van der Waals surface area contributed by atoms with E-state index in [1.54, 1.807) is 11.3 Å². The summed E-state index contributed by atoms with van der Waals surface area (Å²) in [5.41, 5.74) is 1.26. The van der Waals surface area contributed by atoms with Gasteiger partial charge < -0.3 is 5.32 Å². The molecule has 0 radical (unpaired) electrons. The van der Waals surface area contributed by atoms with Crippen LogP contribution < -0.4 is 5.32 Å². The van der Waals surface area contributed by atoms with Crippen molar-refractivity contribution in [2.45, 2.75) is 33.7 Å². The Morgan fingerprint density at radius 3 is 2.83 bits per heavy atom. The van der Waals surface area contributed by atoms with Crippen molar-refractivity contribution in [2.24, 2.45) is 0 Å². The summed E-state index contributed by atoms with van der Waals surface area (Å²) in [5.74, 6) is 0.689. The second kappa shape index (κ2) is 5.30. The first kappa shape index (κ1) is 12.8. The van der Waals surface area contributed by atoms with E-state index in [9.17, 15) is 4.79 Å². The summed E-state index contributed by atoms with van der Waals surface area (Å²) in [6.45, 7) is 6.63. The van der Waals surface area contributed by atoms with Crippen LogP contribution in [0, 0.1) is 13.8 Å². The smallest absolute Gasteiger partial charge is 0.291 e. The quantitative estimate of drug-likeness (QED) is 0.887. The van der Waals surface area contributed by atoms with Crippen molar-refractivity contribution in [1.29, 1.82) is 0 Å². The number of carbonyl (C=O) groups excluding carboxylic acids is 1. The molecule has 2 aromatic heterocycles. The summed E-state index contributed by atoms with van der Waals surface area (Å²) in [5, 5.41) is 9.43. The zero-order valence-electron chi connectivity index (χ0n) is 10.7. The molecule has 0 aromatic carbocycles. The average Bonchev–Trinajstić information content (AvgIpc) is 2.94. The van der Waals surface area contributed by atoms with E-state index < -0.39 is 0 Å². The van der Waals surface area contributed by atoms with Gasteiger partial charge in [0.05, 0.1) is 6.54 Å². The van der Waals surface area contributed by atoms with Crippen LogP contribution in [-0.4, -0.2) is 21.1 Å². The summed E-state index contributed by atoms with van der Waals surface area (Å²) in [6, 6.07) is 2.09. The summed E-state index contributed by atoms with van der Waals surface area (Å²) in [7, 11) is 0. The number of aryl methyl sites for hydroxylation is 3. The van der Waals surface area contributed by atoms with Crippen LogP contribution in [0.4, 0.5) is 0 Å². The van der Waals surface area contributed by atoms with Crippen LogP contribution in [0.1, 0.15) is 38.7 Å². The second-order valence-corrected chi connectivity index (χ2v) is 5.43. The predicted molar refractivity (Wildman–Crippen MR) is 70.7 cm³/mol. The van der Waals surface area contributed by atoms with Gasteiger partial charge in [-0.3, -0.25) is 9.89 Å². The lowest BCUT2D eigenvalue weighted by Gasteiger charge is -1.99. The monoisotopic (exact) mass is 264 g/mol. The van der Waals surface area contributed by atoms with Crippen LogP contribution in [0.25, 0.3) is 0 Å². The number of amides is 1. The van der Waals surface area contributed by atoms with Crippen molar-refractivity contribution < 1.29 is 4.79 Å². The number of rotatable bonds is 4. The molecule has 2 aromatic rings. The molecule has 2 heterocycles. The van der Waals surface area contributed by atoms with Gasteiger partial charge in [0, 0.05) is 16.2 Å². The molecule has 6 heteroatoms. The fourth-order valence-electron chi connectivity index (χ4n) is 1.54. The van der Waals surface area contributed by atoms with Crippen molar-refractivity contribution in [3.8, 4) is 0 Å². The minimum Gasteiger partial charge on any atom is -0.344 e. The van der Waals surface area contributed by atoms with E-state index in [4.69, 9.17) is 0 Å². The van der Waals surface area contributed by atoms with Gasteiger partial charge >= 0.3 is 0 Å². The highest BCUT2D eigenvalue weighted by Gasteiger charge is 2.12. The number of aromatic nitrogens is 3. The SMILES string of the molecule is CCc1nc(C(=O)NCc2cc(C)c(C)s2)n[nH]1. The first-order valence-corrected chi connectivity index (χ1v) is 6.67. The molecular weight excluding hydrogens is 248 g/mol. The van der Waals surface area contributed by atoms with Gasteiger partial charge in [0.1, 0.15) is 5.82 Å². The maximum absolute atomic E-state index is 11.8. The molecule has 0 bridgehead atoms. The van der Waals surface area contributed by atoms with E-state index in [1.165, 1.54) is 10.4 Å². The van der Waals surface area contributed by atoms with E-state index >= 15 is 0 Å². The Kier molecular flexibility index (Phi) is 3.76. The van der Waals surface area contributed by atoms with E-state index in [0.29, 0.717) is 6.54 Å². The number of hydrogen-bond donors (Lipinski definition) is 2. The average molecular weight is 264 g/mol. The normalized spacial score (nSPS) is 10.6. The zero-order valence-corrected chi connectivity index (χ0v) is 11.5. The van der Waals surface area contributed by atoms with E-state index in [1.807, 2.05) is 6.92 Å². The van der Waals surface area contributed by atoms with Crippen LogP contribution in [-0.2, 0) is 13.0 Å². The van der Waals surface area contributed by atoms with Gasteiger partial charge in [0.15, 0.2) is 0 Å². The highest BCUT2D eigenvalue weighted by molar-refractivity contribution is 7.12. The third kappa shape index (κ3) is 2.76. The molecule has 5 nitrogen and oxygen atoms in total. The molecule has 18 heavy (non-hydrogen) atoms. The number of hydrogen-bond acceptors (Lipinski definition) is 4. The lowest BCUT2D eigenvalue weighted by molar-refractivity contribution is 0.0941. The number of nitrogens with one attached hydrogen (secondary N) is 2. The maximum atomic E-state index is 11.8. The molecule has 0 atom stereocenters. The van der Waals surface area contributed by atoms with Gasteiger partial charge in [-0.1, -0.05) is 6.92 Å². The molecule has 0 spiro atoms. The number of H-pyrrole nitrogens is 1. The van der Waals surface area contributed by atoms with Gasteiger partial charge in [0.25, 0.3) is 5.91 Å². The summed E-state index contributed by atoms with van der Waals surface area (Å²) in [4.78, 5) is 18.3. The van der Waals surface area contributed by atoms with Gasteiger partial charge in [-0.2, -0.15) is 0 Å². The highest BCUT2D eigenvalue weighted by atomic mass is 32.1. The Morgan fingerprint density at radius 1 is 1.50 bits per heavy atom. The van der Waals surface area contributed by atoms with Crippen LogP contribution in [0.3, 0.4) is 0 Å². The van der Waals surface area contributed by atoms with Crippen molar-refractivity contribution >= 4 is 17.2 Å². The molecule has 0 unspecified atom stereocenters. The van der Waals surface area contributed by atoms with E-state index in [0.717, 1.165) is 17.1 Å². The molecule has 0 aliphatic heterocycles. The highest BCUT2D eigenvalue weighted by Crippen LogP contribution is 2.20. The van der Waals surface area contributed by atoms with Crippen molar-refractivity contribution in [3.63, 3.8) is 0 Å². The largest absolute Gasteiger partial charge is 0.344 e. The molecule has 2 N–H and O–H groups in total. The van der Waals surface area contributed by atoms with Crippen molar-refractivity contribution in [1.82, 2.24) is 20.5 Å². The van der Waals surface area contributed by atoms with Crippen LogP contribution in [0.15, 0.2) is 6.07 Å². The Bertz CT molecular complexity index is 539. The molecule has 0 aliphatic rings. The molecule has 96 valence electrons. The van der Waals surface area contributed by atoms with Crippen LogP contribution in [0.5, 0.6) is 0 Å². The number of nitrogens with zero attached hydrogens (tertiary/aromatic N) is 2. The third-order valence-corrected chi connectivity index (χ3v) is 3.86. The van der Waals surface area contributed by atoms with E-state index in [-0.39, 0.29) is 11.7 Å². The number of carbonyl (C=O) groups is 1. The first-order valence-electron chi connectivity index (χ1n) is 5.85. The molecule has 2 rings (SSSR count). The fraction of sp³-hybridized carbons (Fsp3) is 0.417. The molecular formula is C12H16N4OS. The van der Waals surface area contributed by atoms with Crippen LogP contribution >= 0.6 is 11.3 Å². The Morgan fingerprint density at radius 2 is 2.28 bits per heavy atom. The summed E-state index contributed by atoms with van der Waals surface area (Å²) < 4.78 is 0. The fourth-order valence-corrected chi connectivity index (χ4v) is 2.53. The topological polar surface area (TPSA) is 70.7 Å². The number of aromatic amines is 1. The lowest BCUT2D eigenvalue weighted by Crippen LogP contribution is -2.23. The van der Waals surface area contributed by atoms with Crippen molar-refractivity contribution in [2.75, 3.05) is 0 Å². The maximum Gasteiger partial charge on any atom is 0.291 e. The summed E-state index contributed by atoms with van der Waals surface area (Å²) >= 11 is 1.70. The Balaban J connectivity index is 1.95. The van der Waals surface area contributed by atoms with E-state index in [2.05, 4.69) is 40.4 Å². The molecule has 0 saturated carbocycles. The van der Waals surface area contributed by atoms with Crippen LogP contribution in [0.2, 0.25) is 0 Å². The molecule has 1 amide bonds. The van der Waals surface area contributed by atoms with Gasteiger partial charge in [-0.15, -0.1) is 16.4 Å². The second-order valence-electron chi connectivity index (χ2n) is 4.09. The number of thiophene rings is 1. The van der Waals surface area contributed by atoms with Gasteiger partial charge in [-0.25, -0.2) is 4.98 Å². The Labute approximate surface area is 110 Å². The third-order valence-electron chi connectivity index (χ3n) is 2.71. The minimum absolute atomic E-state index is 0.205. The predicted octanol–water partition coefficient (Wildman–Crippen LogP) is 1.98. The zero-order chi connectivity index (χ0) is 13.1. The first-order chi connectivity index (χ1) is 8.60. The molecule has 0 aliphatic carbocycles. The van der Waals surface area contributed by atoms with Crippen molar-refractivity contribution in [3.05, 3.63) is 33.0 Å². The molecule has 0 fully saturated rings. The Hall–Kier alpha value is -1.69. The minimum atomic E-state index is -0.241. The summed E-state index contributed by atoms with van der Waals surface area (Å²) in [6.07, 6.45) is 0.740.